The van der Waals surface area contributed by atoms with E-state index < -0.39 is 5.97 Å². The number of carbonyl (C=O) groups is 1. The normalized spacial score (nSPS) is 13.8. The number of carboxylic acid groups (broad SMARTS) is 1. The number of nitrogens with zero attached hydrogens (tertiary/aromatic N) is 3. The van der Waals surface area contributed by atoms with Gasteiger partial charge in [-0.3, -0.25) is 0 Å². The topological polar surface area (TPSA) is 84.8 Å². The minimum atomic E-state index is -1.03. The van der Waals surface area contributed by atoms with Crippen LogP contribution in [0.5, 0.6) is 11.5 Å². The Hall–Kier alpha value is -2.83. The highest BCUT2D eigenvalue weighted by Gasteiger charge is 2.19. The predicted molar refractivity (Wildman–Crippen MR) is 93.6 cm³/mol. The second-order valence-electron chi connectivity index (χ2n) is 5.76. The lowest BCUT2D eigenvalue weighted by Crippen LogP contribution is -2.20. The molecule has 1 aliphatic heterocycles. The van der Waals surface area contributed by atoms with Crippen LogP contribution in [0.25, 0.3) is 11.1 Å². The number of ether oxygens (including phenoxy) is 2. The Balaban J connectivity index is 2.04. The Bertz CT molecular complexity index is 756. The first-order valence-electron chi connectivity index (χ1n) is 8.29. The summed E-state index contributed by atoms with van der Waals surface area (Å²) in [7, 11) is 1.49. The number of carboxylic acids is 1. The fourth-order valence-corrected chi connectivity index (χ4v) is 2.93. The van der Waals surface area contributed by atoms with Crippen LogP contribution in [-0.2, 0) is 0 Å². The van der Waals surface area contributed by atoms with E-state index in [4.69, 9.17) is 9.47 Å². The standard InChI is InChI=1S/C18H21N3O4/c1-3-25-16-14(8-12(17(22)23)9-15(16)24-2)13-10-19-18(20-11-13)21-6-4-5-7-21/h8-11H,3-7H2,1-2H3,(H,22,23). The average molecular weight is 343 g/mol. The molecular formula is C18H21N3O4. The summed E-state index contributed by atoms with van der Waals surface area (Å²) < 4.78 is 11.0. The lowest BCUT2D eigenvalue weighted by atomic mass is 10.0. The molecule has 7 heteroatoms. The van der Waals surface area contributed by atoms with Crippen LogP contribution < -0.4 is 14.4 Å². The molecule has 0 saturated carbocycles. The molecule has 0 unspecified atom stereocenters. The third kappa shape index (κ3) is 3.50. The van der Waals surface area contributed by atoms with E-state index >= 15 is 0 Å². The zero-order chi connectivity index (χ0) is 17.8. The number of hydrogen-bond acceptors (Lipinski definition) is 6. The van der Waals surface area contributed by atoms with E-state index in [0.717, 1.165) is 25.9 Å². The molecule has 0 atom stereocenters. The van der Waals surface area contributed by atoms with Gasteiger partial charge in [0.1, 0.15) is 0 Å². The zero-order valence-electron chi connectivity index (χ0n) is 14.4. The van der Waals surface area contributed by atoms with Crippen molar-refractivity contribution in [1.82, 2.24) is 9.97 Å². The summed E-state index contributed by atoms with van der Waals surface area (Å²) in [4.78, 5) is 22.4. The first-order chi connectivity index (χ1) is 12.1. The van der Waals surface area contributed by atoms with E-state index in [1.165, 1.54) is 13.2 Å². The van der Waals surface area contributed by atoms with Crippen molar-refractivity contribution in [2.75, 3.05) is 31.7 Å². The second-order valence-corrected chi connectivity index (χ2v) is 5.76. The molecule has 1 N–H and O–H groups in total. The number of hydrogen-bond donors (Lipinski definition) is 1. The van der Waals surface area contributed by atoms with Gasteiger partial charge in [0.25, 0.3) is 0 Å². The Morgan fingerprint density at radius 1 is 1.24 bits per heavy atom. The van der Waals surface area contributed by atoms with Crippen molar-refractivity contribution in [3.05, 3.63) is 30.1 Å². The minimum Gasteiger partial charge on any atom is -0.493 e. The fraction of sp³-hybridized carbons (Fsp3) is 0.389. The highest BCUT2D eigenvalue weighted by Crippen LogP contribution is 2.39. The molecule has 0 bridgehead atoms. The fourth-order valence-electron chi connectivity index (χ4n) is 2.93. The molecule has 1 saturated heterocycles. The molecule has 2 heterocycles. The molecular weight excluding hydrogens is 322 g/mol. The van der Waals surface area contributed by atoms with Crippen LogP contribution in [0.2, 0.25) is 0 Å². The summed E-state index contributed by atoms with van der Waals surface area (Å²) >= 11 is 0. The van der Waals surface area contributed by atoms with Gasteiger partial charge < -0.3 is 19.5 Å². The van der Waals surface area contributed by atoms with Crippen molar-refractivity contribution >= 4 is 11.9 Å². The molecule has 1 aromatic carbocycles. The van der Waals surface area contributed by atoms with Gasteiger partial charge in [-0.2, -0.15) is 0 Å². The van der Waals surface area contributed by atoms with Gasteiger partial charge in [-0.1, -0.05) is 0 Å². The SMILES string of the molecule is CCOc1c(OC)cc(C(=O)O)cc1-c1cnc(N2CCCC2)nc1. The van der Waals surface area contributed by atoms with Gasteiger partial charge in [-0.25, -0.2) is 14.8 Å². The van der Waals surface area contributed by atoms with Crippen LogP contribution in [0.3, 0.4) is 0 Å². The van der Waals surface area contributed by atoms with Gasteiger partial charge in [0.15, 0.2) is 11.5 Å². The van der Waals surface area contributed by atoms with Gasteiger partial charge in [-0.05, 0) is 31.9 Å². The second kappa shape index (κ2) is 7.38. The highest BCUT2D eigenvalue weighted by molar-refractivity contribution is 5.91. The van der Waals surface area contributed by atoms with Gasteiger partial charge in [0.05, 0.1) is 19.3 Å². The molecule has 3 rings (SSSR count). The van der Waals surface area contributed by atoms with Gasteiger partial charge in [0.2, 0.25) is 5.95 Å². The molecule has 0 aliphatic carbocycles. The molecule has 1 aliphatic rings. The van der Waals surface area contributed by atoms with Crippen LogP contribution >= 0.6 is 0 Å². The van der Waals surface area contributed by atoms with Crippen LogP contribution in [0.15, 0.2) is 24.5 Å². The van der Waals surface area contributed by atoms with Gasteiger partial charge >= 0.3 is 5.97 Å². The largest absolute Gasteiger partial charge is 0.493 e. The van der Waals surface area contributed by atoms with Crippen molar-refractivity contribution in [2.45, 2.75) is 19.8 Å². The number of anilines is 1. The number of aromatic nitrogens is 2. The molecule has 0 amide bonds. The van der Waals surface area contributed by atoms with Crippen LogP contribution in [-0.4, -0.2) is 47.8 Å². The van der Waals surface area contributed by atoms with Gasteiger partial charge in [0, 0.05) is 36.6 Å². The molecule has 25 heavy (non-hydrogen) atoms. The monoisotopic (exact) mass is 343 g/mol. The van der Waals surface area contributed by atoms with Crippen molar-refractivity contribution in [1.29, 1.82) is 0 Å². The number of methoxy groups -OCH3 is 1. The van der Waals surface area contributed by atoms with Crippen LogP contribution in [0.1, 0.15) is 30.1 Å². The number of benzene rings is 1. The number of aromatic carboxylic acids is 1. The first-order valence-corrected chi connectivity index (χ1v) is 8.29. The van der Waals surface area contributed by atoms with Crippen molar-refractivity contribution in [2.24, 2.45) is 0 Å². The van der Waals surface area contributed by atoms with Gasteiger partial charge in [-0.15, -0.1) is 0 Å². The molecule has 7 nitrogen and oxygen atoms in total. The average Bonchev–Trinajstić information content (AvgIpc) is 3.16. The molecule has 0 spiro atoms. The summed E-state index contributed by atoms with van der Waals surface area (Å²) in [6.07, 6.45) is 5.70. The predicted octanol–water partition coefficient (Wildman–Crippen LogP) is 2.85. The third-order valence-corrected chi connectivity index (χ3v) is 4.15. The summed E-state index contributed by atoms with van der Waals surface area (Å²) in [6, 6.07) is 3.01. The maximum absolute atomic E-state index is 11.4. The smallest absolute Gasteiger partial charge is 0.335 e. The Morgan fingerprint density at radius 2 is 1.92 bits per heavy atom. The Labute approximate surface area is 146 Å². The highest BCUT2D eigenvalue weighted by atomic mass is 16.5. The summed E-state index contributed by atoms with van der Waals surface area (Å²) in [5, 5.41) is 9.35. The lowest BCUT2D eigenvalue weighted by Gasteiger charge is -2.17. The Morgan fingerprint density at radius 3 is 2.48 bits per heavy atom. The van der Waals surface area contributed by atoms with Crippen LogP contribution in [0.4, 0.5) is 5.95 Å². The molecule has 132 valence electrons. The van der Waals surface area contributed by atoms with E-state index in [2.05, 4.69) is 14.9 Å². The number of rotatable bonds is 6. The van der Waals surface area contributed by atoms with Crippen LogP contribution in [0, 0.1) is 0 Å². The maximum Gasteiger partial charge on any atom is 0.335 e. The summed E-state index contributed by atoms with van der Waals surface area (Å²) in [5.41, 5.74) is 1.42. The third-order valence-electron chi connectivity index (χ3n) is 4.15. The molecule has 0 radical (unpaired) electrons. The van der Waals surface area contributed by atoms with E-state index in [0.29, 0.717) is 35.2 Å². The van der Waals surface area contributed by atoms with E-state index in [1.54, 1.807) is 18.5 Å². The summed E-state index contributed by atoms with van der Waals surface area (Å²) in [6.45, 7) is 4.22. The maximum atomic E-state index is 11.4. The van der Waals surface area contributed by atoms with E-state index in [1.807, 2.05) is 6.92 Å². The summed E-state index contributed by atoms with van der Waals surface area (Å²) in [5.74, 6) is 0.533. The molecule has 1 fully saturated rings. The van der Waals surface area contributed by atoms with E-state index in [-0.39, 0.29) is 5.56 Å². The quantitative estimate of drug-likeness (QED) is 0.863. The first kappa shape index (κ1) is 17.0. The lowest BCUT2D eigenvalue weighted by molar-refractivity contribution is 0.0696. The van der Waals surface area contributed by atoms with Crippen molar-refractivity contribution in [3.63, 3.8) is 0 Å². The molecule has 2 aromatic rings. The van der Waals surface area contributed by atoms with Crippen molar-refractivity contribution < 1.29 is 19.4 Å². The van der Waals surface area contributed by atoms with Crippen molar-refractivity contribution in [3.8, 4) is 22.6 Å². The Kier molecular flexibility index (Phi) is 5.02. The zero-order valence-corrected chi connectivity index (χ0v) is 14.4. The minimum absolute atomic E-state index is 0.124. The molecule has 1 aromatic heterocycles. The van der Waals surface area contributed by atoms with E-state index in [9.17, 15) is 9.90 Å².